The van der Waals surface area contributed by atoms with Gasteiger partial charge in [0.1, 0.15) is 37.0 Å². The van der Waals surface area contributed by atoms with E-state index < -0.39 is 12.1 Å². The van der Waals surface area contributed by atoms with Crippen LogP contribution in [0.1, 0.15) is 48.8 Å². The number of nitrogens with one attached hydrogen (secondary N) is 2. The summed E-state index contributed by atoms with van der Waals surface area (Å²) in [6.45, 7) is 6.53. The SMILES string of the molecule is C=CNc1ncnc(N2CCC[C@@H]2COc2cccc3c2CN(C(=O)[C@H](CCCCN)NC(=O)OCc2ccccc2)CC3)c1N. The fourth-order valence-corrected chi connectivity index (χ4v) is 6.05. The second-order valence-electron chi connectivity index (χ2n) is 11.6. The van der Waals surface area contributed by atoms with Crippen LogP contribution in [0.2, 0.25) is 0 Å². The van der Waals surface area contributed by atoms with Gasteiger partial charge in [-0.05, 0) is 68.5 Å². The van der Waals surface area contributed by atoms with E-state index in [9.17, 15) is 9.59 Å². The van der Waals surface area contributed by atoms with Crippen molar-refractivity contribution in [3.8, 4) is 5.75 Å². The van der Waals surface area contributed by atoms with Gasteiger partial charge in [0.15, 0.2) is 11.6 Å². The quantitative estimate of drug-likeness (QED) is 0.192. The van der Waals surface area contributed by atoms with Crippen molar-refractivity contribution in [1.29, 1.82) is 0 Å². The molecule has 0 bridgehead atoms. The molecule has 2 atom stereocenters. The summed E-state index contributed by atoms with van der Waals surface area (Å²) in [5.74, 6) is 1.81. The fourth-order valence-electron chi connectivity index (χ4n) is 6.05. The van der Waals surface area contributed by atoms with E-state index in [1.54, 1.807) is 4.90 Å². The minimum atomic E-state index is -0.713. The number of hydrogen-bond acceptors (Lipinski definition) is 10. The van der Waals surface area contributed by atoms with E-state index in [0.29, 0.717) is 62.8 Å². The molecule has 5 rings (SSSR count). The molecule has 0 radical (unpaired) electrons. The highest BCUT2D eigenvalue weighted by atomic mass is 16.5. The van der Waals surface area contributed by atoms with E-state index >= 15 is 0 Å². The Morgan fingerprint density at radius 1 is 1.11 bits per heavy atom. The number of aromatic nitrogens is 2. The summed E-state index contributed by atoms with van der Waals surface area (Å²) in [6.07, 6.45) is 6.98. The van der Waals surface area contributed by atoms with Crippen LogP contribution in [0, 0.1) is 0 Å². The lowest BCUT2D eigenvalue weighted by molar-refractivity contribution is -0.134. The van der Waals surface area contributed by atoms with Gasteiger partial charge in [0, 0.05) is 25.2 Å². The van der Waals surface area contributed by atoms with E-state index in [0.717, 1.165) is 48.2 Å². The molecule has 2 aromatic carbocycles. The Labute approximate surface area is 270 Å². The van der Waals surface area contributed by atoms with Gasteiger partial charge in [-0.1, -0.05) is 49.0 Å². The number of amides is 2. The summed E-state index contributed by atoms with van der Waals surface area (Å²) < 4.78 is 11.9. The predicted octanol–water partition coefficient (Wildman–Crippen LogP) is 3.97. The normalized spacial score (nSPS) is 16.3. The standard InChI is InChI=1S/C34H44N8O4/c1-2-37-31-30(36)32(39-23-38-31)42-18-9-13-26(42)22-45-29-15-8-12-25-16-19-41(20-27(25)29)33(43)28(14-6-7-17-35)40-34(44)46-21-24-10-4-3-5-11-24/h2-5,8,10-12,15,23,26,28H,1,6-7,9,13-14,16-22,35-36H2,(H,40,44)(H,37,38,39)/t26-,28+/m1/s1. The van der Waals surface area contributed by atoms with Crippen molar-refractivity contribution in [3.05, 3.63) is 84.3 Å². The second kappa shape index (κ2) is 15.9. The molecule has 0 unspecified atom stereocenters. The molecule has 12 heteroatoms. The molecule has 244 valence electrons. The topological polar surface area (TPSA) is 161 Å². The van der Waals surface area contributed by atoms with E-state index in [1.165, 1.54) is 12.5 Å². The smallest absolute Gasteiger partial charge is 0.408 e. The fraction of sp³-hybridized carbons (Fsp3) is 0.412. The lowest BCUT2D eigenvalue weighted by Crippen LogP contribution is -2.50. The highest BCUT2D eigenvalue weighted by Crippen LogP contribution is 2.33. The molecular formula is C34H44N8O4. The van der Waals surface area contributed by atoms with E-state index in [2.05, 4.69) is 38.1 Å². The Balaban J connectivity index is 1.24. The van der Waals surface area contributed by atoms with Crippen LogP contribution in [-0.4, -0.2) is 65.2 Å². The summed E-state index contributed by atoms with van der Waals surface area (Å²) in [4.78, 5) is 39.2. The molecule has 0 spiro atoms. The minimum Gasteiger partial charge on any atom is -0.491 e. The predicted molar refractivity (Wildman–Crippen MR) is 178 cm³/mol. The number of anilines is 3. The first-order valence-corrected chi connectivity index (χ1v) is 15.9. The zero-order valence-corrected chi connectivity index (χ0v) is 26.2. The number of rotatable bonds is 14. The van der Waals surface area contributed by atoms with Gasteiger partial charge < -0.3 is 41.4 Å². The first-order chi connectivity index (χ1) is 22.5. The largest absolute Gasteiger partial charge is 0.491 e. The molecule has 46 heavy (non-hydrogen) atoms. The van der Waals surface area contributed by atoms with E-state index in [4.69, 9.17) is 20.9 Å². The van der Waals surface area contributed by atoms with Gasteiger partial charge in [-0.15, -0.1) is 0 Å². The monoisotopic (exact) mass is 628 g/mol. The molecule has 3 heterocycles. The van der Waals surface area contributed by atoms with Gasteiger partial charge in [-0.25, -0.2) is 14.8 Å². The van der Waals surface area contributed by atoms with Crippen molar-refractivity contribution in [3.63, 3.8) is 0 Å². The number of carbonyl (C=O) groups is 2. The molecule has 12 nitrogen and oxygen atoms in total. The number of unbranched alkanes of at least 4 members (excludes halogenated alkanes) is 1. The average Bonchev–Trinajstić information content (AvgIpc) is 3.55. The summed E-state index contributed by atoms with van der Waals surface area (Å²) in [5.41, 5.74) is 15.6. The van der Waals surface area contributed by atoms with Crippen LogP contribution in [0.5, 0.6) is 5.75 Å². The highest BCUT2D eigenvalue weighted by Gasteiger charge is 2.32. The molecule has 0 saturated carbocycles. The number of ether oxygens (including phenoxy) is 2. The molecule has 1 saturated heterocycles. The maximum absolute atomic E-state index is 13.8. The lowest BCUT2D eigenvalue weighted by Gasteiger charge is -2.33. The third kappa shape index (κ3) is 8.05. The van der Waals surface area contributed by atoms with Crippen LogP contribution in [0.15, 0.2) is 67.6 Å². The average molecular weight is 629 g/mol. The molecule has 0 aliphatic carbocycles. The maximum Gasteiger partial charge on any atom is 0.408 e. The Morgan fingerprint density at radius 3 is 2.76 bits per heavy atom. The first kappa shape index (κ1) is 32.6. The van der Waals surface area contributed by atoms with Gasteiger partial charge in [-0.2, -0.15) is 0 Å². The Morgan fingerprint density at radius 2 is 1.96 bits per heavy atom. The first-order valence-electron chi connectivity index (χ1n) is 15.9. The Kier molecular flexibility index (Phi) is 11.3. The van der Waals surface area contributed by atoms with Crippen molar-refractivity contribution < 1.29 is 19.1 Å². The van der Waals surface area contributed by atoms with Gasteiger partial charge in [-0.3, -0.25) is 4.79 Å². The van der Waals surface area contributed by atoms with Crippen LogP contribution >= 0.6 is 0 Å². The van der Waals surface area contributed by atoms with Crippen molar-refractivity contribution in [2.45, 2.75) is 63.8 Å². The Hall–Kier alpha value is -4.84. The van der Waals surface area contributed by atoms with Crippen molar-refractivity contribution >= 4 is 29.3 Å². The summed E-state index contributed by atoms with van der Waals surface area (Å²) in [6, 6.07) is 14.8. The molecule has 1 aromatic heterocycles. The van der Waals surface area contributed by atoms with Gasteiger partial charge >= 0.3 is 6.09 Å². The molecule has 2 aliphatic rings. The molecule has 2 aliphatic heterocycles. The third-order valence-electron chi connectivity index (χ3n) is 8.47. The second-order valence-corrected chi connectivity index (χ2v) is 11.6. The molecule has 3 aromatic rings. The number of hydrogen-bond donors (Lipinski definition) is 4. The van der Waals surface area contributed by atoms with Gasteiger partial charge in [0.05, 0.1) is 6.04 Å². The van der Waals surface area contributed by atoms with E-state index in [-0.39, 0.29) is 18.6 Å². The van der Waals surface area contributed by atoms with Crippen LogP contribution in [0.25, 0.3) is 0 Å². The summed E-state index contributed by atoms with van der Waals surface area (Å²) in [7, 11) is 0. The number of alkyl carbamates (subject to hydrolysis) is 1. The van der Waals surface area contributed by atoms with Crippen molar-refractivity contribution in [1.82, 2.24) is 20.2 Å². The molecule has 6 N–H and O–H groups in total. The molecule has 1 fully saturated rings. The number of nitrogen functional groups attached to an aromatic ring is 1. The third-order valence-corrected chi connectivity index (χ3v) is 8.47. The summed E-state index contributed by atoms with van der Waals surface area (Å²) >= 11 is 0. The van der Waals surface area contributed by atoms with Crippen LogP contribution in [0.4, 0.5) is 22.1 Å². The number of benzene rings is 2. The number of nitrogens with two attached hydrogens (primary N) is 2. The van der Waals surface area contributed by atoms with Gasteiger partial charge in [0.2, 0.25) is 5.91 Å². The maximum atomic E-state index is 13.8. The zero-order valence-electron chi connectivity index (χ0n) is 26.2. The number of carbonyl (C=O) groups excluding carboxylic acids is 2. The number of fused-ring (bicyclic) bond motifs is 1. The van der Waals surface area contributed by atoms with E-state index in [1.807, 2.05) is 42.5 Å². The molecule has 2 amide bonds. The molecular weight excluding hydrogens is 584 g/mol. The van der Waals surface area contributed by atoms with Gasteiger partial charge in [0.25, 0.3) is 0 Å². The minimum absolute atomic E-state index is 0.0731. The number of nitrogens with zero attached hydrogens (tertiary/aromatic N) is 4. The van der Waals surface area contributed by atoms with Crippen molar-refractivity contribution in [2.75, 3.05) is 42.2 Å². The van der Waals surface area contributed by atoms with Crippen LogP contribution < -0.4 is 31.7 Å². The Bertz CT molecular complexity index is 1490. The summed E-state index contributed by atoms with van der Waals surface area (Å²) in [5, 5.41) is 5.79. The lowest BCUT2D eigenvalue weighted by atomic mass is 9.97. The van der Waals surface area contributed by atoms with Crippen LogP contribution in [-0.2, 0) is 29.1 Å². The zero-order chi connectivity index (χ0) is 32.3. The van der Waals surface area contributed by atoms with Crippen LogP contribution in [0.3, 0.4) is 0 Å². The highest BCUT2D eigenvalue weighted by molar-refractivity contribution is 5.86. The van der Waals surface area contributed by atoms with Crippen molar-refractivity contribution in [2.24, 2.45) is 5.73 Å².